The van der Waals surface area contributed by atoms with E-state index in [9.17, 15) is 14.7 Å². The Kier molecular flexibility index (Phi) is 5.11. The molecule has 0 spiro atoms. The predicted octanol–water partition coefficient (Wildman–Crippen LogP) is 0.302. The number of amides is 2. The number of aliphatic hydroxyl groups is 1. The van der Waals surface area contributed by atoms with Crippen LogP contribution in [-0.4, -0.2) is 23.0 Å². The van der Waals surface area contributed by atoms with Gasteiger partial charge in [-0.25, -0.2) is 0 Å². The van der Waals surface area contributed by atoms with Crippen LogP contribution in [0.25, 0.3) is 0 Å². The smallest absolute Gasteiger partial charge is 0.249 e. The minimum absolute atomic E-state index is 0.294. The Balaban J connectivity index is 2.42. The van der Waals surface area contributed by atoms with E-state index in [1.165, 1.54) is 0 Å². The standard InChI is InChI=1S/C11H13BrN2O3/c12-8-3-1-7(2-4-8)6-14-11(17)9(15)5-10(13)16/h1-4,9,15H,5-6H2,(H2,13,16)(H,14,17). The second kappa shape index (κ2) is 6.36. The normalized spacial score (nSPS) is 11.9. The Morgan fingerprint density at radius 1 is 1.35 bits per heavy atom. The molecule has 6 heteroatoms. The van der Waals surface area contributed by atoms with Gasteiger partial charge in [-0.05, 0) is 17.7 Å². The van der Waals surface area contributed by atoms with Crippen molar-refractivity contribution in [2.45, 2.75) is 19.1 Å². The number of rotatable bonds is 5. The van der Waals surface area contributed by atoms with Gasteiger partial charge in [0.05, 0.1) is 6.42 Å². The van der Waals surface area contributed by atoms with E-state index < -0.39 is 17.9 Å². The van der Waals surface area contributed by atoms with Crippen LogP contribution < -0.4 is 11.1 Å². The van der Waals surface area contributed by atoms with Gasteiger partial charge in [0.15, 0.2) is 0 Å². The zero-order chi connectivity index (χ0) is 12.8. The summed E-state index contributed by atoms with van der Waals surface area (Å²) in [5, 5.41) is 11.8. The number of benzene rings is 1. The van der Waals surface area contributed by atoms with Crippen molar-refractivity contribution < 1.29 is 14.7 Å². The maximum absolute atomic E-state index is 11.3. The Morgan fingerprint density at radius 2 is 1.94 bits per heavy atom. The lowest BCUT2D eigenvalue weighted by molar-refractivity contribution is -0.133. The molecule has 0 fully saturated rings. The van der Waals surface area contributed by atoms with Crippen LogP contribution in [0.5, 0.6) is 0 Å². The van der Waals surface area contributed by atoms with Crippen LogP contribution in [0.1, 0.15) is 12.0 Å². The number of hydrogen-bond acceptors (Lipinski definition) is 3. The van der Waals surface area contributed by atoms with Crippen molar-refractivity contribution >= 4 is 27.7 Å². The van der Waals surface area contributed by atoms with Gasteiger partial charge in [0.2, 0.25) is 11.8 Å². The van der Waals surface area contributed by atoms with E-state index >= 15 is 0 Å². The Hall–Kier alpha value is -1.40. The van der Waals surface area contributed by atoms with Gasteiger partial charge >= 0.3 is 0 Å². The van der Waals surface area contributed by atoms with Crippen LogP contribution in [-0.2, 0) is 16.1 Å². The summed E-state index contributed by atoms with van der Waals surface area (Å²) in [4.78, 5) is 21.8. The minimum Gasteiger partial charge on any atom is -0.383 e. The van der Waals surface area contributed by atoms with E-state index in [-0.39, 0.29) is 6.42 Å². The van der Waals surface area contributed by atoms with Crippen LogP contribution in [0.15, 0.2) is 28.7 Å². The molecule has 1 aromatic carbocycles. The molecule has 1 aromatic rings. The number of carbonyl (C=O) groups is 2. The first-order valence-corrected chi connectivity index (χ1v) is 5.77. The SMILES string of the molecule is NC(=O)CC(O)C(=O)NCc1ccc(Br)cc1. The van der Waals surface area contributed by atoms with E-state index in [1.807, 2.05) is 24.3 Å². The highest BCUT2D eigenvalue weighted by Crippen LogP contribution is 2.10. The molecule has 4 N–H and O–H groups in total. The van der Waals surface area contributed by atoms with E-state index in [2.05, 4.69) is 21.2 Å². The predicted molar refractivity (Wildman–Crippen MR) is 65.8 cm³/mol. The number of nitrogens with two attached hydrogens (primary N) is 1. The Morgan fingerprint density at radius 3 is 2.47 bits per heavy atom. The molecular weight excluding hydrogens is 288 g/mol. The van der Waals surface area contributed by atoms with Gasteiger partial charge in [-0.2, -0.15) is 0 Å². The third-order valence-electron chi connectivity index (χ3n) is 2.08. The van der Waals surface area contributed by atoms with Crippen LogP contribution >= 0.6 is 15.9 Å². The average Bonchev–Trinajstić information content (AvgIpc) is 2.27. The number of halogens is 1. The first-order valence-electron chi connectivity index (χ1n) is 4.97. The van der Waals surface area contributed by atoms with E-state index in [1.54, 1.807) is 0 Å². The first-order chi connectivity index (χ1) is 7.99. The van der Waals surface area contributed by atoms with Gasteiger partial charge in [-0.1, -0.05) is 28.1 Å². The fraction of sp³-hybridized carbons (Fsp3) is 0.273. The number of nitrogens with one attached hydrogen (secondary N) is 1. The van der Waals surface area contributed by atoms with E-state index in [0.717, 1.165) is 10.0 Å². The molecule has 0 radical (unpaired) electrons. The molecule has 2 amide bonds. The molecule has 1 atom stereocenters. The van der Waals surface area contributed by atoms with Crippen molar-refractivity contribution in [2.75, 3.05) is 0 Å². The quantitative estimate of drug-likeness (QED) is 0.730. The molecule has 0 aliphatic rings. The van der Waals surface area contributed by atoms with Gasteiger partial charge in [0.25, 0.3) is 0 Å². The van der Waals surface area contributed by atoms with Crippen LogP contribution in [0.4, 0.5) is 0 Å². The van der Waals surface area contributed by atoms with Crippen molar-refractivity contribution in [3.63, 3.8) is 0 Å². The minimum atomic E-state index is -1.39. The molecule has 1 rings (SSSR count). The zero-order valence-corrected chi connectivity index (χ0v) is 10.6. The van der Waals surface area contributed by atoms with E-state index in [4.69, 9.17) is 5.73 Å². The molecule has 0 bridgehead atoms. The van der Waals surface area contributed by atoms with Crippen molar-refractivity contribution in [3.05, 3.63) is 34.3 Å². The topological polar surface area (TPSA) is 92.4 Å². The average molecular weight is 301 g/mol. The molecule has 0 aliphatic carbocycles. The number of hydrogen-bond donors (Lipinski definition) is 3. The number of aliphatic hydroxyl groups excluding tert-OH is 1. The summed E-state index contributed by atoms with van der Waals surface area (Å²) in [7, 11) is 0. The van der Waals surface area contributed by atoms with Crippen molar-refractivity contribution in [1.82, 2.24) is 5.32 Å². The molecule has 17 heavy (non-hydrogen) atoms. The number of carbonyl (C=O) groups excluding carboxylic acids is 2. The van der Waals surface area contributed by atoms with Crippen molar-refractivity contribution in [1.29, 1.82) is 0 Å². The second-order valence-electron chi connectivity index (χ2n) is 3.53. The summed E-state index contributed by atoms with van der Waals surface area (Å²) in [6.07, 6.45) is -1.76. The highest BCUT2D eigenvalue weighted by molar-refractivity contribution is 9.10. The van der Waals surface area contributed by atoms with Crippen LogP contribution in [0.2, 0.25) is 0 Å². The first kappa shape index (κ1) is 13.7. The maximum atomic E-state index is 11.3. The summed E-state index contributed by atoms with van der Waals surface area (Å²) in [6, 6.07) is 7.37. The summed E-state index contributed by atoms with van der Waals surface area (Å²) < 4.78 is 0.946. The van der Waals surface area contributed by atoms with Crippen LogP contribution in [0, 0.1) is 0 Å². The summed E-state index contributed by atoms with van der Waals surface area (Å²) in [6.45, 7) is 0.294. The lowest BCUT2D eigenvalue weighted by Gasteiger charge is -2.09. The molecule has 0 aliphatic heterocycles. The van der Waals surface area contributed by atoms with E-state index in [0.29, 0.717) is 6.54 Å². The summed E-state index contributed by atoms with van der Waals surface area (Å²) >= 11 is 3.30. The van der Waals surface area contributed by atoms with Gasteiger partial charge < -0.3 is 16.2 Å². The largest absolute Gasteiger partial charge is 0.383 e. The molecule has 0 heterocycles. The zero-order valence-electron chi connectivity index (χ0n) is 9.02. The highest BCUT2D eigenvalue weighted by Gasteiger charge is 2.16. The Bertz CT molecular complexity index is 406. The third-order valence-corrected chi connectivity index (χ3v) is 2.61. The molecule has 1 unspecified atom stereocenters. The lowest BCUT2D eigenvalue weighted by Crippen LogP contribution is -2.36. The molecule has 0 saturated heterocycles. The Labute approximate surface area is 107 Å². The van der Waals surface area contributed by atoms with Gasteiger partial charge in [0, 0.05) is 11.0 Å². The van der Waals surface area contributed by atoms with Gasteiger partial charge in [-0.15, -0.1) is 0 Å². The highest BCUT2D eigenvalue weighted by atomic mass is 79.9. The summed E-state index contributed by atoms with van der Waals surface area (Å²) in [5.74, 6) is -1.32. The summed E-state index contributed by atoms with van der Waals surface area (Å²) in [5.41, 5.74) is 5.77. The fourth-order valence-corrected chi connectivity index (χ4v) is 1.46. The number of primary amides is 1. The molecule has 5 nitrogen and oxygen atoms in total. The molecule has 0 aromatic heterocycles. The third kappa shape index (κ3) is 4.97. The van der Waals surface area contributed by atoms with Gasteiger partial charge in [0.1, 0.15) is 6.10 Å². The molecule has 0 saturated carbocycles. The lowest BCUT2D eigenvalue weighted by atomic mass is 10.2. The molecule has 92 valence electrons. The van der Waals surface area contributed by atoms with Gasteiger partial charge in [-0.3, -0.25) is 9.59 Å². The molecular formula is C11H13BrN2O3. The van der Waals surface area contributed by atoms with Crippen molar-refractivity contribution in [2.24, 2.45) is 5.73 Å². The fourth-order valence-electron chi connectivity index (χ4n) is 1.19. The van der Waals surface area contributed by atoms with Crippen LogP contribution in [0.3, 0.4) is 0 Å². The monoisotopic (exact) mass is 300 g/mol. The second-order valence-corrected chi connectivity index (χ2v) is 4.45. The maximum Gasteiger partial charge on any atom is 0.249 e. The van der Waals surface area contributed by atoms with Crippen molar-refractivity contribution in [3.8, 4) is 0 Å².